The standard InChI is InChI=1S/C23H27FN2O5/c1-23(2,3)22(29)25-17-8-6-7-16(12-17)21(28)31-14-20(27)26(4)13-15-9-10-19(30-5)18(24)11-15/h6-12H,13-14H2,1-5H3,(H,25,29). The summed E-state index contributed by atoms with van der Waals surface area (Å²) in [5.41, 5.74) is 0.654. The molecule has 0 spiro atoms. The molecule has 0 saturated heterocycles. The van der Waals surface area contributed by atoms with Gasteiger partial charge in [-0.05, 0) is 35.9 Å². The predicted octanol–water partition coefficient (Wildman–Crippen LogP) is 3.63. The molecule has 0 fully saturated rings. The van der Waals surface area contributed by atoms with Crippen LogP contribution >= 0.6 is 0 Å². The second-order valence-electron chi connectivity index (χ2n) is 8.08. The highest BCUT2D eigenvalue weighted by molar-refractivity contribution is 5.97. The minimum atomic E-state index is -0.691. The van der Waals surface area contributed by atoms with Gasteiger partial charge in [-0.1, -0.05) is 32.9 Å². The Labute approximate surface area is 181 Å². The van der Waals surface area contributed by atoms with Crippen LogP contribution in [0.25, 0.3) is 0 Å². The van der Waals surface area contributed by atoms with Gasteiger partial charge in [-0.25, -0.2) is 9.18 Å². The van der Waals surface area contributed by atoms with Gasteiger partial charge < -0.3 is 19.7 Å². The van der Waals surface area contributed by atoms with Crippen molar-refractivity contribution >= 4 is 23.5 Å². The molecule has 0 aromatic heterocycles. The summed E-state index contributed by atoms with van der Waals surface area (Å²) in [7, 11) is 2.90. The molecule has 1 N–H and O–H groups in total. The highest BCUT2D eigenvalue weighted by atomic mass is 19.1. The van der Waals surface area contributed by atoms with Crippen LogP contribution in [0.15, 0.2) is 42.5 Å². The third-order valence-corrected chi connectivity index (χ3v) is 4.43. The van der Waals surface area contributed by atoms with Crippen LogP contribution in [-0.2, 0) is 20.9 Å². The van der Waals surface area contributed by atoms with Gasteiger partial charge in [0, 0.05) is 24.7 Å². The quantitative estimate of drug-likeness (QED) is 0.678. The van der Waals surface area contributed by atoms with Crippen molar-refractivity contribution in [1.29, 1.82) is 0 Å². The number of ether oxygens (including phenoxy) is 2. The number of anilines is 1. The molecule has 166 valence electrons. The monoisotopic (exact) mass is 430 g/mol. The molecule has 8 heteroatoms. The summed E-state index contributed by atoms with van der Waals surface area (Å²) in [5, 5.41) is 2.74. The molecule has 0 radical (unpaired) electrons. The lowest BCUT2D eigenvalue weighted by molar-refractivity contribution is -0.133. The first-order valence-corrected chi connectivity index (χ1v) is 9.66. The third-order valence-electron chi connectivity index (χ3n) is 4.43. The normalized spacial score (nSPS) is 10.9. The van der Waals surface area contributed by atoms with Crippen LogP contribution in [0.4, 0.5) is 10.1 Å². The van der Waals surface area contributed by atoms with Crippen molar-refractivity contribution in [2.45, 2.75) is 27.3 Å². The number of amides is 2. The topological polar surface area (TPSA) is 84.9 Å². The molecule has 7 nitrogen and oxygen atoms in total. The van der Waals surface area contributed by atoms with E-state index < -0.39 is 29.7 Å². The number of rotatable bonds is 7. The minimum Gasteiger partial charge on any atom is -0.494 e. The van der Waals surface area contributed by atoms with Crippen LogP contribution in [0.1, 0.15) is 36.7 Å². The van der Waals surface area contributed by atoms with Gasteiger partial charge in [-0.15, -0.1) is 0 Å². The smallest absolute Gasteiger partial charge is 0.338 e. The zero-order valence-corrected chi connectivity index (χ0v) is 18.3. The molecule has 0 bridgehead atoms. The average molecular weight is 430 g/mol. The SMILES string of the molecule is COc1ccc(CN(C)C(=O)COC(=O)c2cccc(NC(=O)C(C)(C)C)c2)cc1F. The molecule has 2 rings (SSSR count). The lowest BCUT2D eigenvalue weighted by Crippen LogP contribution is -2.31. The van der Waals surface area contributed by atoms with Crippen LogP contribution in [-0.4, -0.2) is 43.4 Å². The average Bonchev–Trinajstić information content (AvgIpc) is 2.71. The molecule has 0 aliphatic rings. The van der Waals surface area contributed by atoms with E-state index in [1.165, 1.54) is 43.3 Å². The van der Waals surface area contributed by atoms with Crippen molar-refractivity contribution in [3.05, 3.63) is 59.4 Å². The summed E-state index contributed by atoms with van der Waals surface area (Å²) in [6.45, 7) is 5.02. The fourth-order valence-corrected chi connectivity index (χ4v) is 2.53. The molecule has 0 aliphatic carbocycles. The van der Waals surface area contributed by atoms with E-state index in [9.17, 15) is 18.8 Å². The van der Waals surface area contributed by atoms with Crippen LogP contribution in [0.2, 0.25) is 0 Å². The Morgan fingerprint density at radius 1 is 1.10 bits per heavy atom. The van der Waals surface area contributed by atoms with Crippen molar-refractivity contribution in [1.82, 2.24) is 4.90 Å². The van der Waals surface area contributed by atoms with Crippen molar-refractivity contribution < 1.29 is 28.2 Å². The Morgan fingerprint density at radius 2 is 1.81 bits per heavy atom. The molecule has 2 aromatic rings. The summed E-state index contributed by atoms with van der Waals surface area (Å²) in [4.78, 5) is 38.0. The maximum atomic E-state index is 13.8. The van der Waals surface area contributed by atoms with E-state index in [1.54, 1.807) is 39.0 Å². The van der Waals surface area contributed by atoms with E-state index in [4.69, 9.17) is 9.47 Å². The molecular weight excluding hydrogens is 403 g/mol. The molecule has 0 saturated carbocycles. The molecule has 31 heavy (non-hydrogen) atoms. The number of hydrogen-bond donors (Lipinski definition) is 1. The fraction of sp³-hybridized carbons (Fsp3) is 0.348. The first-order chi connectivity index (χ1) is 14.5. The van der Waals surface area contributed by atoms with Gasteiger partial charge in [0.25, 0.3) is 5.91 Å². The van der Waals surface area contributed by atoms with Crippen molar-refractivity contribution in [2.75, 3.05) is 26.1 Å². The lowest BCUT2D eigenvalue weighted by atomic mass is 9.95. The second kappa shape index (κ2) is 10.1. The summed E-state index contributed by atoms with van der Waals surface area (Å²) in [6.07, 6.45) is 0. The van der Waals surface area contributed by atoms with E-state index in [2.05, 4.69) is 5.32 Å². The maximum absolute atomic E-state index is 13.8. The van der Waals surface area contributed by atoms with Gasteiger partial charge in [-0.2, -0.15) is 0 Å². The Kier molecular flexibility index (Phi) is 7.74. The lowest BCUT2D eigenvalue weighted by Gasteiger charge is -2.18. The number of carbonyl (C=O) groups excluding carboxylic acids is 3. The number of carbonyl (C=O) groups is 3. The zero-order chi connectivity index (χ0) is 23.2. The van der Waals surface area contributed by atoms with Gasteiger partial charge in [0.15, 0.2) is 18.2 Å². The zero-order valence-electron chi connectivity index (χ0n) is 18.3. The molecular formula is C23H27FN2O5. The highest BCUT2D eigenvalue weighted by Crippen LogP contribution is 2.20. The van der Waals surface area contributed by atoms with Crippen LogP contribution in [0.5, 0.6) is 5.75 Å². The number of esters is 1. The minimum absolute atomic E-state index is 0.118. The van der Waals surface area contributed by atoms with Crippen LogP contribution in [0, 0.1) is 11.2 Å². The van der Waals surface area contributed by atoms with Crippen LogP contribution < -0.4 is 10.1 Å². The van der Waals surface area contributed by atoms with Gasteiger partial charge in [0.1, 0.15) is 0 Å². The first-order valence-electron chi connectivity index (χ1n) is 9.66. The van der Waals surface area contributed by atoms with Gasteiger partial charge >= 0.3 is 5.97 Å². The Hall–Kier alpha value is -3.42. The summed E-state index contributed by atoms with van der Waals surface area (Å²) in [6, 6.07) is 10.7. The van der Waals surface area contributed by atoms with E-state index >= 15 is 0 Å². The number of halogens is 1. The summed E-state index contributed by atoms with van der Waals surface area (Å²) < 4.78 is 23.8. The number of methoxy groups -OCH3 is 1. The largest absolute Gasteiger partial charge is 0.494 e. The number of likely N-dealkylation sites (N-methyl/N-ethyl adjacent to an activating group) is 1. The first kappa shape index (κ1) is 23.9. The van der Waals surface area contributed by atoms with Gasteiger partial charge in [0.2, 0.25) is 5.91 Å². The Balaban J connectivity index is 1.93. The van der Waals surface area contributed by atoms with Crippen molar-refractivity contribution in [2.24, 2.45) is 5.41 Å². The van der Waals surface area contributed by atoms with Gasteiger partial charge in [0.05, 0.1) is 12.7 Å². The third kappa shape index (κ3) is 6.80. The Bertz CT molecular complexity index is 969. The number of nitrogens with zero attached hydrogens (tertiary/aromatic N) is 1. The summed E-state index contributed by atoms with van der Waals surface area (Å²) >= 11 is 0. The predicted molar refractivity (Wildman–Crippen MR) is 114 cm³/mol. The summed E-state index contributed by atoms with van der Waals surface area (Å²) in [5.74, 6) is -1.73. The number of hydrogen-bond acceptors (Lipinski definition) is 5. The number of benzene rings is 2. The highest BCUT2D eigenvalue weighted by Gasteiger charge is 2.21. The van der Waals surface area contributed by atoms with E-state index in [0.717, 1.165) is 0 Å². The molecule has 0 atom stereocenters. The Morgan fingerprint density at radius 3 is 2.42 bits per heavy atom. The maximum Gasteiger partial charge on any atom is 0.338 e. The molecule has 0 aliphatic heterocycles. The van der Waals surface area contributed by atoms with E-state index in [-0.39, 0.29) is 23.8 Å². The molecule has 0 heterocycles. The van der Waals surface area contributed by atoms with Crippen molar-refractivity contribution in [3.63, 3.8) is 0 Å². The molecule has 2 aromatic carbocycles. The van der Waals surface area contributed by atoms with Crippen LogP contribution in [0.3, 0.4) is 0 Å². The second-order valence-corrected chi connectivity index (χ2v) is 8.08. The molecule has 2 amide bonds. The van der Waals surface area contributed by atoms with E-state index in [1.807, 2.05) is 0 Å². The van der Waals surface area contributed by atoms with Crippen molar-refractivity contribution in [3.8, 4) is 5.75 Å². The van der Waals surface area contributed by atoms with Gasteiger partial charge in [-0.3, -0.25) is 9.59 Å². The molecule has 0 unspecified atom stereocenters. The van der Waals surface area contributed by atoms with E-state index in [0.29, 0.717) is 11.3 Å². The fourth-order valence-electron chi connectivity index (χ4n) is 2.53. The number of nitrogens with one attached hydrogen (secondary N) is 1.